The van der Waals surface area contributed by atoms with Crippen molar-refractivity contribution in [2.24, 2.45) is 0 Å². The minimum atomic E-state index is 0.634. The van der Waals surface area contributed by atoms with Gasteiger partial charge in [0, 0.05) is 60.0 Å². The predicted molar refractivity (Wildman–Crippen MR) is 288 cm³/mol. The van der Waals surface area contributed by atoms with Crippen LogP contribution < -0.4 is 0 Å². The second-order valence-electron chi connectivity index (χ2n) is 18.1. The highest BCUT2D eigenvalue weighted by Crippen LogP contribution is 2.47. The number of rotatable bonds is 5. The molecule has 15 rings (SSSR count). The van der Waals surface area contributed by atoms with Crippen molar-refractivity contribution in [1.82, 2.24) is 23.7 Å². The van der Waals surface area contributed by atoms with Gasteiger partial charge in [0.05, 0.1) is 44.3 Å². The fraction of sp³-hybridized carbons (Fsp3) is 0. The molecule has 0 saturated carbocycles. The summed E-state index contributed by atoms with van der Waals surface area (Å²) in [5, 5.41) is 13.0. The van der Waals surface area contributed by atoms with Gasteiger partial charge in [-0.1, -0.05) is 164 Å². The summed E-state index contributed by atoms with van der Waals surface area (Å²) in [5.74, 6) is 0.634. The SMILES string of the molecule is c1ccc(-n2c3ccccc3c3cc(-c4nc(-n5c6ccccc6c6c7ccccc7c(-c7cc8c9ccccc9n(-c9ccccc9)c8c8ccccc78)cc65)nc5ccccc45)ccc32)cc1. The maximum atomic E-state index is 5.65. The summed E-state index contributed by atoms with van der Waals surface area (Å²) in [6.07, 6.45) is 0. The highest BCUT2D eigenvalue weighted by atomic mass is 15.2. The van der Waals surface area contributed by atoms with Crippen molar-refractivity contribution in [1.29, 1.82) is 0 Å². The molecule has 5 heteroatoms. The average molecular weight is 878 g/mol. The lowest BCUT2D eigenvalue weighted by molar-refractivity contribution is 1.01. The lowest BCUT2D eigenvalue weighted by Gasteiger charge is -2.16. The standard InChI is InChI=1S/C64H39N5/c1-3-19-41(20-4-1)67-56-32-16-12-25-45(56)53-37-40(35-36-59(53)67)62-49-29-11-15-31-55(49)65-64(66-62)69-58-34-18-14-30-50(58)61-47-27-9-7-23-43(47)52(39-60(61)69)51-38-54-46-26-13-17-33-57(46)68(42-21-5-2-6-22-42)63(54)48-28-10-8-24-44(48)51/h1-39H. The molecule has 15 aromatic rings. The smallest absolute Gasteiger partial charge is 0.235 e. The van der Waals surface area contributed by atoms with E-state index in [1.807, 2.05) is 0 Å². The molecule has 0 unspecified atom stereocenters. The molecule has 0 aliphatic rings. The number of hydrogen-bond acceptors (Lipinski definition) is 2. The molecule has 0 atom stereocenters. The molecule has 0 bridgehead atoms. The summed E-state index contributed by atoms with van der Waals surface area (Å²) in [5.41, 5.74) is 14.3. The lowest BCUT2D eigenvalue weighted by Crippen LogP contribution is -2.03. The van der Waals surface area contributed by atoms with Gasteiger partial charge in [0.1, 0.15) is 0 Å². The van der Waals surface area contributed by atoms with Gasteiger partial charge >= 0.3 is 0 Å². The molecule has 0 aliphatic heterocycles. The Bertz CT molecular complexity index is 4600. The Morgan fingerprint density at radius 1 is 0.275 bits per heavy atom. The van der Waals surface area contributed by atoms with Crippen LogP contribution in [0.4, 0.5) is 0 Å². The Morgan fingerprint density at radius 2 is 0.768 bits per heavy atom. The van der Waals surface area contributed by atoms with Gasteiger partial charge in [-0.3, -0.25) is 4.57 Å². The molecule has 0 aliphatic carbocycles. The highest BCUT2D eigenvalue weighted by molar-refractivity contribution is 6.28. The van der Waals surface area contributed by atoms with Gasteiger partial charge in [-0.25, -0.2) is 9.97 Å². The number of hydrogen-bond donors (Lipinski definition) is 0. The summed E-state index contributed by atoms with van der Waals surface area (Å²) in [7, 11) is 0. The zero-order valence-electron chi connectivity index (χ0n) is 37.3. The molecular formula is C64H39N5. The first-order valence-electron chi connectivity index (χ1n) is 23.6. The van der Waals surface area contributed by atoms with Gasteiger partial charge in [-0.2, -0.15) is 0 Å². The van der Waals surface area contributed by atoms with Gasteiger partial charge in [0.2, 0.25) is 5.95 Å². The molecule has 0 radical (unpaired) electrons. The molecule has 0 fully saturated rings. The molecule has 0 amide bonds. The molecule has 4 heterocycles. The van der Waals surface area contributed by atoms with Crippen LogP contribution in [0.15, 0.2) is 237 Å². The van der Waals surface area contributed by atoms with Crippen molar-refractivity contribution in [3.8, 4) is 39.7 Å². The first-order valence-corrected chi connectivity index (χ1v) is 23.6. The molecular weight excluding hydrogens is 839 g/mol. The Labute approximate surface area is 396 Å². The van der Waals surface area contributed by atoms with Gasteiger partial charge < -0.3 is 9.13 Å². The van der Waals surface area contributed by atoms with E-state index in [9.17, 15) is 0 Å². The quantitative estimate of drug-likeness (QED) is 0.173. The fourth-order valence-electron chi connectivity index (χ4n) is 11.5. The van der Waals surface area contributed by atoms with Gasteiger partial charge in [-0.05, 0) is 100 Å². The summed E-state index contributed by atoms with van der Waals surface area (Å²) in [6.45, 7) is 0. The Balaban J connectivity index is 1.02. The predicted octanol–water partition coefficient (Wildman–Crippen LogP) is 16.6. The van der Waals surface area contributed by atoms with E-state index in [0.717, 1.165) is 61.0 Å². The van der Waals surface area contributed by atoms with E-state index < -0.39 is 0 Å². The molecule has 69 heavy (non-hydrogen) atoms. The van der Waals surface area contributed by atoms with Crippen LogP contribution >= 0.6 is 0 Å². The largest absolute Gasteiger partial charge is 0.309 e. The van der Waals surface area contributed by atoms with Crippen LogP contribution in [0.25, 0.3) is 138 Å². The number of benzene rings is 11. The van der Waals surface area contributed by atoms with Crippen molar-refractivity contribution in [3.05, 3.63) is 237 Å². The summed E-state index contributed by atoms with van der Waals surface area (Å²) >= 11 is 0. The van der Waals surface area contributed by atoms with Gasteiger partial charge in [-0.15, -0.1) is 0 Å². The summed E-state index contributed by atoms with van der Waals surface area (Å²) < 4.78 is 7.10. The number of fused-ring (bicyclic) bond motifs is 14. The van der Waals surface area contributed by atoms with Gasteiger partial charge in [0.15, 0.2) is 0 Å². The fourth-order valence-corrected chi connectivity index (χ4v) is 11.5. The van der Waals surface area contributed by atoms with E-state index in [0.29, 0.717) is 5.95 Å². The first kappa shape index (κ1) is 37.9. The number of nitrogens with zero attached hydrogens (tertiary/aromatic N) is 5. The average Bonchev–Trinajstić information content (AvgIpc) is 4.06. The maximum Gasteiger partial charge on any atom is 0.235 e. The molecule has 4 aromatic heterocycles. The molecule has 0 saturated heterocycles. The van der Waals surface area contributed by atoms with Gasteiger partial charge in [0.25, 0.3) is 0 Å². The Morgan fingerprint density at radius 3 is 1.48 bits per heavy atom. The van der Waals surface area contributed by atoms with Crippen molar-refractivity contribution < 1.29 is 0 Å². The third-order valence-electron chi connectivity index (χ3n) is 14.4. The Kier molecular flexibility index (Phi) is 8.00. The van der Waals surface area contributed by atoms with E-state index in [1.54, 1.807) is 0 Å². The van der Waals surface area contributed by atoms with Crippen LogP contribution in [0.3, 0.4) is 0 Å². The molecule has 5 nitrogen and oxygen atoms in total. The minimum absolute atomic E-state index is 0.634. The monoisotopic (exact) mass is 877 g/mol. The maximum absolute atomic E-state index is 5.65. The van der Waals surface area contributed by atoms with E-state index >= 15 is 0 Å². The van der Waals surface area contributed by atoms with Crippen molar-refractivity contribution in [2.45, 2.75) is 0 Å². The topological polar surface area (TPSA) is 40.6 Å². The second-order valence-corrected chi connectivity index (χ2v) is 18.1. The van der Waals surface area contributed by atoms with E-state index in [1.165, 1.54) is 70.6 Å². The zero-order valence-corrected chi connectivity index (χ0v) is 37.3. The number of para-hydroxylation sites is 6. The van der Waals surface area contributed by atoms with Crippen LogP contribution in [0, 0.1) is 0 Å². The second kappa shape index (κ2) is 14.6. The number of aromatic nitrogens is 5. The Hall–Kier alpha value is -9.32. The lowest BCUT2D eigenvalue weighted by atomic mass is 9.90. The highest BCUT2D eigenvalue weighted by Gasteiger charge is 2.24. The van der Waals surface area contributed by atoms with Crippen LogP contribution in [-0.4, -0.2) is 23.7 Å². The summed E-state index contributed by atoms with van der Waals surface area (Å²) in [4.78, 5) is 11.1. The van der Waals surface area contributed by atoms with Crippen molar-refractivity contribution in [2.75, 3.05) is 0 Å². The van der Waals surface area contributed by atoms with Crippen LogP contribution in [0.5, 0.6) is 0 Å². The normalized spacial score (nSPS) is 12.1. The van der Waals surface area contributed by atoms with E-state index in [2.05, 4.69) is 250 Å². The van der Waals surface area contributed by atoms with Crippen LogP contribution in [-0.2, 0) is 0 Å². The van der Waals surface area contributed by atoms with E-state index in [-0.39, 0.29) is 0 Å². The molecule has 0 spiro atoms. The minimum Gasteiger partial charge on any atom is -0.309 e. The van der Waals surface area contributed by atoms with Crippen molar-refractivity contribution >= 4 is 97.9 Å². The zero-order chi connectivity index (χ0) is 45.2. The third kappa shape index (κ3) is 5.47. The first-order chi connectivity index (χ1) is 34.3. The van der Waals surface area contributed by atoms with Crippen LogP contribution in [0.1, 0.15) is 0 Å². The van der Waals surface area contributed by atoms with E-state index in [4.69, 9.17) is 9.97 Å². The molecule has 320 valence electrons. The summed E-state index contributed by atoms with van der Waals surface area (Å²) in [6, 6.07) is 85.6. The molecule has 0 N–H and O–H groups in total. The molecule has 11 aromatic carbocycles. The third-order valence-corrected chi connectivity index (χ3v) is 14.4. The van der Waals surface area contributed by atoms with Crippen LogP contribution in [0.2, 0.25) is 0 Å². The van der Waals surface area contributed by atoms with Crippen molar-refractivity contribution in [3.63, 3.8) is 0 Å².